The quantitative estimate of drug-likeness (QED) is 0.857. The molecule has 1 amide bonds. The molecule has 0 aromatic heterocycles. The lowest BCUT2D eigenvalue weighted by Gasteiger charge is -2.07. The summed E-state index contributed by atoms with van der Waals surface area (Å²) in [5.74, 6) is -0.129. The number of nitrogens with two attached hydrogens (primary N) is 1. The van der Waals surface area contributed by atoms with E-state index < -0.39 is 0 Å². The highest BCUT2D eigenvalue weighted by Crippen LogP contribution is 2.18. The van der Waals surface area contributed by atoms with Crippen LogP contribution in [0.5, 0.6) is 0 Å². The van der Waals surface area contributed by atoms with E-state index in [-0.39, 0.29) is 18.3 Å². The standard InChI is InChI=1S/C10H13ClN2O.ClH/c1-7-8(3-2-4-9(7)11)10(14)13-6-5-12;/h2-4H,5-6,12H2,1H3,(H,13,14);1H. The van der Waals surface area contributed by atoms with Crippen molar-refractivity contribution in [2.24, 2.45) is 5.73 Å². The molecule has 1 rings (SSSR count). The van der Waals surface area contributed by atoms with Crippen molar-refractivity contribution >= 4 is 29.9 Å². The monoisotopic (exact) mass is 248 g/mol. The van der Waals surface area contributed by atoms with E-state index in [9.17, 15) is 4.79 Å². The molecule has 0 unspecified atom stereocenters. The van der Waals surface area contributed by atoms with Crippen molar-refractivity contribution in [1.82, 2.24) is 5.32 Å². The van der Waals surface area contributed by atoms with E-state index in [0.717, 1.165) is 5.56 Å². The number of halogens is 2. The molecule has 0 aliphatic carbocycles. The van der Waals surface area contributed by atoms with Crippen molar-refractivity contribution in [3.8, 4) is 0 Å². The van der Waals surface area contributed by atoms with E-state index in [1.165, 1.54) is 0 Å². The summed E-state index contributed by atoms with van der Waals surface area (Å²) >= 11 is 5.89. The molecule has 0 aliphatic rings. The van der Waals surface area contributed by atoms with Crippen molar-refractivity contribution in [1.29, 1.82) is 0 Å². The molecular weight excluding hydrogens is 235 g/mol. The Kier molecular flexibility index (Phi) is 6.32. The summed E-state index contributed by atoms with van der Waals surface area (Å²) in [5.41, 5.74) is 6.68. The van der Waals surface area contributed by atoms with Crippen LogP contribution >= 0.6 is 24.0 Å². The molecular formula is C10H14Cl2N2O. The molecule has 0 radical (unpaired) electrons. The zero-order valence-electron chi connectivity index (χ0n) is 8.42. The van der Waals surface area contributed by atoms with Crippen LogP contribution in [0.2, 0.25) is 5.02 Å². The van der Waals surface area contributed by atoms with Gasteiger partial charge in [0.1, 0.15) is 0 Å². The first-order valence-corrected chi connectivity index (χ1v) is 4.78. The van der Waals surface area contributed by atoms with Gasteiger partial charge < -0.3 is 11.1 Å². The fourth-order valence-corrected chi connectivity index (χ4v) is 1.31. The van der Waals surface area contributed by atoms with Crippen molar-refractivity contribution in [2.45, 2.75) is 6.92 Å². The molecule has 0 spiro atoms. The Balaban J connectivity index is 0.00000196. The van der Waals surface area contributed by atoms with Gasteiger partial charge in [-0.05, 0) is 24.6 Å². The maximum atomic E-state index is 11.6. The summed E-state index contributed by atoms with van der Waals surface area (Å²) in [5, 5.41) is 3.30. The number of nitrogens with one attached hydrogen (secondary N) is 1. The summed E-state index contributed by atoms with van der Waals surface area (Å²) < 4.78 is 0. The molecule has 3 N–H and O–H groups in total. The smallest absolute Gasteiger partial charge is 0.251 e. The van der Waals surface area contributed by atoms with E-state index in [1.807, 2.05) is 6.92 Å². The SMILES string of the molecule is Cc1c(Cl)cccc1C(=O)NCCN.Cl. The number of amides is 1. The summed E-state index contributed by atoms with van der Waals surface area (Å²) in [4.78, 5) is 11.6. The molecule has 0 heterocycles. The van der Waals surface area contributed by atoms with Crippen LogP contribution in [-0.4, -0.2) is 19.0 Å². The summed E-state index contributed by atoms with van der Waals surface area (Å²) in [6.45, 7) is 2.73. The van der Waals surface area contributed by atoms with Gasteiger partial charge in [-0.15, -0.1) is 12.4 Å². The highest BCUT2D eigenvalue weighted by molar-refractivity contribution is 6.31. The average molecular weight is 249 g/mol. The molecule has 15 heavy (non-hydrogen) atoms. The second-order valence-corrected chi connectivity index (χ2v) is 3.36. The lowest BCUT2D eigenvalue weighted by molar-refractivity contribution is 0.0954. The van der Waals surface area contributed by atoms with Gasteiger partial charge in [-0.1, -0.05) is 17.7 Å². The normalized spacial score (nSPS) is 9.27. The minimum atomic E-state index is -0.129. The van der Waals surface area contributed by atoms with E-state index >= 15 is 0 Å². The minimum Gasteiger partial charge on any atom is -0.351 e. The Bertz CT molecular complexity index is 342. The molecule has 0 saturated heterocycles. The maximum Gasteiger partial charge on any atom is 0.251 e. The first-order valence-electron chi connectivity index (χ1n) is 4.40. The summed E-state index contributed by atoms with van der Waals surface area (Å²) in [6, 6.07) is 5.26. The van der Waals surface area contributed by atoms with Gasteiger partial charge in [0.15, 0.2) is 0 Å². The number of rotatable bonds is 3. The van der Waals surface area contributed by atoms with Gasteiger partial charge in [-0.2, -0.15) is 0 Å². The molecule has 0 atom stereocenters. The number of benzene rings is 1. The van der Waals surface area contributed by atoms with E-state index in [2.05, 4.69) is 5.32 Å². The first kappa shape index (κ1) is 14.2. The number of hydrogen-bond donors (Lipinski definition) is 2. The topological polar surface area (TPSA) is 55.1 Å². The van der Waals surface area contributed by atoms with Crippen LogP contribution in [0.25, 0.3) is 0 Å². The van der Waals surface area contributed by atoms with E-state index in [4.69, 9.17) is 17.3 Å². The molecule has 84 valence electrons. The van der Waals surface area contributed by atoms with Crippen LogP contribution in [0.1, 0.15) is 15.9 Å². The van der Waals surface area contributed by atoms with Crippen LogP contribution in [0.15, 0.2) is 18.2 Å². The van der Waals surface area contributed by atoms with Crippen LogP contribution in [0.4, 0.5) is 0 Å². The number of carbonyl (C=O) groups is 1. The molecule has 0 aliphatic heterocycles. The predicted octanol–water partition coefficient (Wildman–Crippen LogP) is 1.76. The van der Waals surface area contributed by atoms with E-state index in [0.29, 0.717) is 23.7 Å². The Labute approximate surface area is 100 Å². The largest absolute Gasteiger partial charge is 0.351 e. The van der Waals surface area contributed by atoms with Crippen LogP contribution < -0.4 is 11.1 Å². The van der Waals surface area contributed by atoms with Crippen molar-refractivity contribution in [3.05, 3.63) is 34.3 Å². The van der Waals surface area contributed by atoms with Gasteiger partial charge in [-0.3, -0.25) is 4.79 Å². The van der Waals surface area contributed by atoms with Gasteiger partial charge in [0.25, 0.3) is 5.91 Å². The van der Waals surface area contributed by atoms with Gasteiger partial charge in [0, 0.05) is 23.7 Å². The van der Waals surface area contributed by atoms with Crippen LogP contribution in [0, 0.1) is 6.92 Å². The maximum absolute atomic E-state index is 11.6. The molecule has 0 saturated carbocycles. The Morgan fingerprint density at radius 3 is 2.80 bits per heavy atom. The average Bonchev–Trinajstić information content (AvgIpc) is 2.18. The van der Waals surface area contributed by atoms with Crippen LogP contribution in [-0.2, 0) is 0 Å². The summed E-state index contributed by atoms with van der Waals surface area (Å²) in [6.07, 6.45) is 0. The van der Waals surface area contributed by atoms with Crippen molar-refractivity contribution in [3.63, 3.8) is 0 Å². The molecule has 5 heteroatoms. The Hall–Kier alpha value is -0.770. The fraction of sp³-hybridized carbons (Fsp3) is 0.300. The van der Waals surface area contributed by atoms with Gasteiger partial charge in [0.05, 0.1) is 0 Å². The second-order valence-electron chi connectivity index (χ2n) is 2.96. The molecule has 0 bridgehead atoms. The number of hydrogen-bond acceptors (Lipinski definition) is 2. The highest BCUT2D eigenvalue weighted by atomic mass is 35.5. The van der Waals surface area contributed by atoms with Crippen LogP contribution in [0.3, 0.4) is 0 Å². The Morgan fingerprint density at radius 1 is 1.53 bits per heavy atom. The number of carbonyl (C=O) groups excluding carboxylic acids is 1. The third-order valence-corrected chi connectivity index (χ3v) is 2.35. The zero-order chi connectivity index (χ0) is 10.6. The Morgan fingerprint density at radius 2 is 2.20 bits per heavy atom. The lowest BCUT2D eigenvalue weighted by Crippen LogP contribution is -2.29. The molecule has 1 aromatic rings. The second kappa shape index (κ2) is 6.67. The zero-order valence-corrected chi connectivity index (χ0v) is 9.99. The minimum absolute atomic E-state index is 0. The highest BCUT2D eigenvalue weighted by Gasteiger charge is 2.09. The molecule has 0 fully saturated rings. The third kappa shape index (κ3) is 3.70. The predicted molar refractivity (Wildman–Crippen MR) is 64.8 cm³/mol. The van der Waals surface area contributed by atoms with Gasteiger partial charge >= 0.3 is 0 Å². The molecule has 3 nitrogen and oxygen atoms in total. The summed E-state index contributed by atoms with van der Waals surface area (Å²) in [7, 11) is 0. The molecule has 1 aromatic carbocycles. The third-order valence-electron chi connectivity index (χ3n) is 1.94. The van der Waals surface area contributed by atoms with E-state index in [1.54, 1.807) is 18.2 Å². The fourth-order valence-electron chi connectivity index (χ4n) is 1.13. The van der Waals surface area contributed by atoms with Gasteiger partial charge in [-0.25, -0.2) is 0 Å². The first-order chi connectivity index (χ1) is 6.66. The van der Waals surface area contributed by atoms with Crippen molar-refractivity contribution < 1.29 is 4.79 Å². The van der Waals surface area contributed by atoms with Crippen molar-refractivity contribution in [2.75, 3.05) is 13.1 Å². The van der Waals surface area contributed by atoms with Gasteiger partial charge in [0.2, 0.25) is 0 Å². The lowest BCUT2D eigenvalue weighted by atomic mass is 10.1.